The van der Waals surface area contributed by atoms with Gasteiger partial charge < -0.3 is 4.74 Å². The maximum absolute atomic E-state index is 11.9. The Morgan fingerprint density at radius 2 is 1.50 bits per heavy atom. The van der Waals surface area contributed by atoms with E-state index in [4.69, 9.17) is 4.74 Å². The SMILES string of the molecule is CC(C)C1(C)C(=O)OC(C)(C)C1(C)C. The standard InChI is InChI=1S/C12H22O2/c1-8(2)12(7)9(13)14-11(5,6)10(12,3)4/h8H,1-7H3. The molecule has 0 radical (unpaired) electrons. The number of rotatable bonds is 1. The molecule has 1 atom stereocenters. The van der Waals surface area contributed by atoms with Crippen molar-refractivity contribution in [3.05, 3.63) is 0 Å². The van der Waals surface area contributed by atoms with Gasteiger partial charge >= 0.3 is 5.97 Å². The van der Waals surface area contributed by atoms with Crippen LogP contribution in [-0.4, -0.2) is 11.6 Å². The van der Waals surface area contributed by atoms with Gasteiger partial charge in [0, 0.05) is 5.41 Å². The van der Waals surface area contributed by atoms with Gasteiger partial charge in [-0.1, -0.05) is 27.7 Å². The number of hydrogen-bond donors (Lipinski definition) is 0. The van der Waals surface area contributed by atoms with Gasteiger partial charge in [-0.05, 0) is 26.7 Å². The molecule has 0 aromatic heterocycles. The van der Waals surface area contributed by atoms with Crippen LogP contribution >= 0.6 is 0 Å². The van der Waals surface area contributed by atoms with Crippen LogP contribution in [0.1, 0.15) is 48.5 Å². The predicted molar refractivity (Wildman–Crippen MR) is 56.9 cm³/mol. The molecule has 82 valence electrons. The molecule has 1 rings (SSSR count). The van der Waals surface area contributed by atoms with Crippen molar-refractivity contribution in [2.75, 3.05) is 0 Å². The van der Waals surface area contributed by atoms with Gasteiger partial charge in [0.1, 0.15) is 5.60 Å². The molecule has 0 amide bonds. The zero-order chi connectivity index (χ0) is 11.4. The molecular weight excluding hydrogens is 176 g/mol. The van der Waals surface area contributed by atoms with E-state index in [-0.39, 0.29) is 22.4 Å². The van der Waals surface area contributed by atoms with E-state index < -0.39 is 0 Å². The average Bonchev–Trinajstić information content (AvgIpc) is 2.10. The number of carbonyl (C=O) groups excluding carboxylic acids is 1. The van der Waals surface area contributed by atoms with Crippen molar-refractivity contribution < 1.29 is 9.53 Å². The molecule has 2 heteroatoms. The third-order valence-electron chi connectivity index (χ3n) is 4.73. The van der Waals surface area contributed by atoms with Crippen LogP contribution in [0.2, 0.25) is 0 Å². The normalized spacial score (nSPS) is 34.7. The van der Waals surface area contributed by atoms with Crippen LogP contribution < -0.4 is 0 Å². The van der Waals surface area contributed by atoms with E-state index in [1.54, 1.807) is 0 Å². The van der Waals surface area contributed by atoms with E-state index in [9.17, 15) is 4.79 Å². The van der Waals surface area contributed by atoms with Gasteiger partial charge in [-0.2, -0.15) is 0 Å². The first-order valence-corrected chi connectivity index (χ1v) is 5.31. The molecule has 1 fully saturated rings. The smallest absolute Gasteiger partial charge is 0.313 e. The fourth-order valence-electron chi connectivity index (χ4n) is 2.30. The first-order valence-electron chi connectivity index (χ1n) is 5.31. The second-order valence-corrected chi connectivity index (χ2v) is 5.88. The summed E-state index contributed by atoms with van der Waals surface area (Å²) in [7, 11) is 0. The van der Waals surface area contributed by atoms with Crippen molar-refractivity contribution >= 4 is 5.97 Å². The fraction of sp³-hybridized carbons (Fsp3) is 0.917. The molecule has 0 aliphatic carbocycles. The topological polar surface area (TPSA) is 26.3 Å². The number of ether oxygens (including phenoxy) is 1. The van der Waals surface area contributed by atoms with Crippen LogP contribution in [0, 0.1) is 16.7 Å². The third kappa shape index (κ3) is 1.06. The van der Waals surface area contributed by atoms with E-state index in [0.717, 1.165) is 0 Å². The lowest BCUT2D eigenvalue weighted by Crippen LogP contribution is -2.47. The first-order chi connectivity index (χ1) is 6.07. The van der Waals surface area contributed by atoms with Gasteiger partial charge in [-0.25, -0.2) is 0 Å². The van der Waals surface area contributed by atoms with E-state index in [1.165, 1.54) is 0 Å². The molecule has 0 saturated carbocycles. The third-order valence-corrected chi connectivity index (χ3v) is 4.73. The van der Waals surface area contributed by atoms with Crippen LogP contribution in [0.25, 0.3) is 0 Å². The highest BCUT2D eigenvalue weighted by Gasteiger charge is 2.64. The highest BCUT2D eigenvalue weighted by Crippen LogP contribution is 2.58. The summed E-state index contributed by atoms with van der Waals surface area (Å²) >= 11 is 0. The molecule has 2 nitrogen and oxygen atoms in total. The van der Waals surface area contributed by atoms with Gasteiger partial charge in [-0.15, -0.1) is 0 Å². The number of cyclic esters (lactones) is 1. The molecule has 0 spiro atoms. The Morgan fingerprint density at radius 3 is 1.64 bits per heavy atom. The summed E-state index contributed by atoms with van der Waals surface area (Å²) in [4.78, 5) is 11.9. The minimum Gasteiger partial charge on any atom is -0.459 e. The molecule has 1 unspecified atom stereocenters. The van der Waals surface area contributed by atoms with Crippen LogP contribution in [0.3, 0.4) is 0 Å². The Bertz CT molecular complexity index is 263. The molecule has 1 aliphatic rings. The van der Waals surface area contributed by atoms with Crippen molar-refractivity contribution in [1.82, 2.24) is 0 Å². The Labute approximate surface area is 87.0 Å². The molecule has 0 aromatic rings. The summed E-state index contributed by atoms with van der Waals surface area (Å²) in [5.41, 5.74) is -0.884. The summed E-state index contributed by atoms with van der Waals surface area (Å²) in [6, 6.07) is 0. The van der Waals surface area contributed by atoms with Crippen molar-refractivity contribution in [2.45, 2.75) is 54.1 Å². The second-order valence-electron chi connectivity index (χ2n) is 5.88. The first kappa shape index (κ1) is 11.5. The van der Waals surface area contributed by atoms with Gasteiger partial charge in [0.2, 0.25) is 0 Å². The van der Waals surface area contributed by atoms with Crippen molar-refractivity contribution in [2.24, 2.45) is 16.7 Å². The largest absolute Gasteiger partial charge is 0.459 e. The Balaban J connectivity index is 3.28. The maximum atomic E-state index is 11.9. The van der Waals surface area contributed by atoms with Gasteiger partial charge in [0.05, 0.1) is 5.41 Å². The second kappa shape index (κ2) is 2.74. The number of carbonyl (C=O) groups is 1. The van der Waals surface area contributed by atoms with Crippen LogP contribution in [0.15, 0.2) is 0 Å². The van der Waals surface area contributed by atoms with E-state index in [1.807, 2.05) is 20.8 Å². The lowest BCUT2D eigenvalue weighted by atomic mass is 9.57. The van der Waals surface area contributed by atoms with Gasteiger partial charge in [-0.3, -0.25) is 4.79 Å². The van der Waals surface area contributed by atoms with Crippen molar-refractivity contribution in [1.29, 1.82) is 0 Å². The predicted octanol–water partition coefficient (Wildman–Crippen LogP) is 3.01. The lowest BCUT2D eigenvalue weighted by molar-refractivity contribution is -0.153. The summed E-state index contributed by atoms with van der Waals surface area (Å²) in [6.07, 6.45) is 0. The van der Waals surface area contributed by atoms with Crippen molar-refractivity contribution in [3.8, 4) is 0 Å². The molecule has 1 saturated heterocycles. The van der Waals surface area contributed by atoms with E-state index in [2.05, 4.69) is 27.7 Å². The zero-order valence-corrected chi connectivity index (χ0v) is 10.4. The van der Waals surface area contributed by atoms with Crippen LogP contribution in [0.5, 0.6) is 0 Å². The monoisotopic (exact) mass is 198 g/mol. The van der Waals surface area contributed by atoms with Crippen LogP contribution in [-0.2, 0) is 9.53 Å². The Hall–Kier alpha value is -0.530. The summed E-state index contributed by atoms with van der Waals surface area (Å²) in [6.45, 7) is 14.4. The number of esters is 1. The number of hydrogen-bond acceptors (Lipinski definition) is 2. The average molecular weight is 198 g/mol. The summed E-state index contributed by atoms with van der Waals surface area (Å²) < 4.78 is 5.50. The van der Waals surface area contributed by atoms with E-state index in [0.29, 0.717) is 5.92 Å². The highest BCUT2D eigenvalue weighted by molar-refractivity contribution is 5.81. The minimum absolute atomic E-state index is 0.0532. The van der Waals surface area contributed by atoms with Gasteiger partial charge in [0.15, 0.2) is 0 Å². The minimum atomic E-state index is -0.378. The quantitative estimate of drug-likeness (QED) is 0.605. The molecule has 1 aliphatic heterocycles. The lowest BCUT2D eigenvalue weighted by Gasteiger charge is -2.42. The van der Waals surface area contributed by atoms with Crippen LogP contribution in [0.4, 0.5) is 0 Å². The Morgan fingerprint density at radius 1 is 1.07 bits per heavy atom. The molecule has 0 N–H and O–H groups in total. The Kier molecular flexibility index (Phi) is 2.26. The molecular formula is C12H22O2. The summed E-state index contributed by atoms with van der Waals surface area (Å²) in [5, 5.41) is 0. The highest BCUT2D eigenvalue weighted by atomic mass is 16.6. The summed E-state index contributed by atoms with van der Waals surface area (Å²) in [5.74, 6) is 0.245. The zero-order valence-electron chi connectivity index (χ0n) is 10.4. The van der Waals surface area contributed by atoms with E-state index >= 15 is 0 Å². The molecule has 0 bridgehead atoms. The maximum Gasteiger partial charge on any atom is 0.313 e. The van der Waals surface area contributed by atoms with Crippen molar-refractivity contribution in [3.63, 3.8) is 0 Å². The van der Waals surface area contributed by atoms with Gasteiger partial charge in [0.25, 0.3) is 0 Å². The molecule has 1 heterocycles. The molecule has 0 aromatic carbocycles. The fourth-order valence-corrected chi connectivity index (χ4v) is 2.30. The molecule has 14 heavy (non-hydrogen) atoms.